The molecule has 0 spiro atoms. The molecule has 7 heteroatoms. The summed E-state index contributed by atoms with van der Waals surface area (Å²) in [5.41, 5.74) is 0.865. The van der Waals surface area contributed by atoms with E-state index in [1.807, 2.05) is 37.3 Å². The van der Waals surface area contributed by atoms with Crippen molar-refractivity contribution >= 4 is 21.6 Å². The molecular weight excluding hydrogens is 352 g/mol. The zero-order valence-electron chi connectivity index (χ0n) is 14.8. The second-order valence-electron chi connectivity index (χ2n) is 6.00. The predicted molar refractivity (Wildman–Crippen MR) is 102 cm³/mol. The van der Waals surface area contributed by atoms with Gasteiger partial charge in [0, 0.05) is 4.88 Å². The molecule has 2 heterocycles. The van der Waals surface area contributed by atoms with Gasteiger partial charge in [-0.2, -0.15) is 0 Å². The Kier molecular flexibility index (Phi) is 6.03. The topological polar surface area (TPSA) is 73.6 Å². The Hall–Kier alpha value is -2.22. The van der Waals surface area contributed by atoms with E-state index < -0.39 is 6.10 Å². The van der Waals surface area contributed by atoms with E-state index >= 15 is 0 Å². The Bertz CT molecular complexity index is 917. The molecule has 138 valence electrons. The number of benzene rings is 1. The Labute approximate surface area is 155 Å². The molecule has 1 aromatic carbocycles. The van der Waals surface area contributed by atoms with Crippen LogP contribution in [-0.4, -0.2) is 34.5 Å². The van der Waals surface area contributed by atoms with Gasteiger partial charge in [-0.25, -0.2) is 4.98 Å². The SMILES string of the molecule is CCc1cc2c(=O)n(CC(O)COCc3ccc(OC)cc3)cnc2s1. The fraction of sp³-hybridized carbons (Fsp3) is 0.368. The van der Waals surface area contributed by atoms with Crippen molar-refractivity contribution in [1.82, 2.24) is 9.55 Å². The van der Waals surface area contributed by atoms with Gasteiger partial charge in [0.1, 0.15) is 10.6 Å². The predicted octanol–water partition coefficient (Wildman–Crippen LogP) is 2.61. The van der Waals surface area contributed by atoms with Crippen molar-refractivity contribution in [2.45, 2.75) is 32.6 Å². The summed E-state index contributed by atoms with van der Waals surface area (Å²) in [6, 6.07) is 9.44. The number of ether oxygens (including phenoxy) is 2. The minimum Gasteiger partial charge on any atom is -0.497 e. The molecule has 1 N–H and O–H groups in total. The highest BCUT2D eigenvalue weighted by Gasteiger charge is 2.12. The van der Waals surface area contributed by atoms with E-state index in [4.69, 9.17) is 9.47 Å². The van der Waals surface area contributed by atoms with Crippen LogP contribution in [0, 0.1) is 0 Å². The summed E-state index contributed by atoms with van der Waals surface area (Å²) in [6.45, 7) is 2.73. The molecule has 1 unspecified atom stereocenters. The van der Waals surface area contributed by atoms with Crippen molar-refractivity contribution in [2.75, 3.05) is 13.7 Å². The summed E-state index contributed by atoms with van der Waals surface area (Å²) in [7, 11) is 1.62. The molecule has 0 saturated heterocycles. The Morgan fingerprint density at radius 2 is 2.08 bits per heavy atom. The fourth-order valence-electron chi connectivity index (χ4n) is 2.63. The molecule has 6 nitrogen and oxygen atoms in total. The van der Waals surface area contributed by atoms with Gasteiger partial charge < -0.3 is 14.6 Å². The second-order valence-corrected chi connectivity index (χ2v) is 7.12. The first-order valence-corrected chi connectivity index (χ1v) is 9.29. The average Bonchev–Trinajstić information content (AvgIpc) is 3.09. The summed E-state index contributed by atoms with van der Waals surface area (Å²) in [4.78, 5) is 18.7. The number of fused-ring (bicyclic) bond motifs is 1. The third kappa shape index (κ3) is 4.30. The first-order valence-electron chi connectivity index (χ1n) is 8.47. The van der Waals surface area contributed by atoms with Crippen LogP contribution in [0.5, 0.6) is 5.75 Å². The standard InChI is InChI=1S/C19H22N2O4S/c1-3-16-8-17-18(26-16)20-12-21(19(17)23)9-14(22)11-25-10-13-4-6-15(24-2)7-5-13/h4-8,12,14,22H,3,9-11H2,1-2H3. The van der Waals surface area contributed by atoms with E-state index in [1.54, 1.807) is 7.11 Å². The number of hydrogen-bond donors (Lipinski definition) is 1. The van der Waals surface area contributed by atoms with E-state index in [0.29, 0.717) is 12.0 Å². The zero-order valence-corrected chi connectivity index (χ0v) is 15.7. The highest BCUT2D eigenvalue weighted by molar-refractivity contribution is 7.18. The van der Waals surface area contributed by atoms with Crippen LogP contribution < -0.4 is 10.3 Å². The van der Waals surface area contributed by atoms with Gasteiger partial charge in [0.25, 0.3) is 5.56 Å². The van der Waals surface area contributed by atoms with Crippen LogP contribution in [-0.2, 0) is 24.3 Å². The van der Waals surface area contributed by atoms with Gasteiger partial charge in [0.2, 0.25) is 0 Å². The monoisotopic (exact) mass is 374 g/mol. The van der Waals surface area contributed by atoms with E-state index in [-0.39, 0.29) is 18.7 Å². The van der Waals surface area contributed by atoms with Crippen LogP contribution in [0.3, 0.4) is 0 Å². The molecule has 0 saturated carbocycles. The molecule has 1 atom stereocenters. The number of thiophene rings is 1. The maximum atomic E-state index is 12.5. The average molecular weight is 374 g/mol. The van der Waals surface area contributed by atoms with Gasteiger partial charge >= 0.3 is 0 Å². The van der Waals surface area contributed by atoms with Crippen molar-refractivity contribution in [3.8, 4) is 5.75 Å². The lowest BCUT2D eigenvalue weighted by Gasteiger charge is -2.13. The van der Waals surface area contributed by atoms with Crippen molar-refractivity contribution in [3.05, 3.63) is 57.5 Å². The molecule has 0 fully saturated rings. The van der Waals surface area contributed by atoms with Crippen LogP contribution in [0.2, 0.25) is 0 Å². The van der Waals surface area contributed by atoms with Gasteiger partial charge in [0.05, 0.1) is 44.7 Å². The van der Waals surface area contributed by atoms with E-state index in [9.17, 15) is 9.90 Å². The maximum Gasteiger partial charge on any atom is 0.262 e. The minimum absolute atomic E-state index is 0.125. The van der Waals surface area contributed by atoms with Gasteiger partial charge in [0.15, 0.2) is 0 Å². The van der Waals surface area contributed by atoms with Crippen molar-refractivity contribution < 1.29 is 14.6 Å². The van der Waals surface area contributed by atoms with Gasteiger partial charge in [-0.15, -0.1) is 11.3 Å². The Balaban J connectivity index is 1.57. The number of rotatable bonds is 8. The van der Waals surface area contributed by atoms with Gasteiger partial charge in [-0.3, -0.25) is 9.36 Å². The van der Waals surface area contributed by atoms with Crippen LogP contribution in [0.15, 0.2) is 41.5 Å². The summed E-state index contributed by atoms with van der Waals surface area (Å²) in [6.07, 6.45) is 1.59. The summed E-state index contributed by atoms with van der Waals surface area (Å²) in [5, 5.41) is 10.8. The van der Waals surface area contributed by atoms with Gasteiger partial charge in [-0.1, -0.05) is 19.1 Å². The Morgan fingerprint density at radius 3 is 2.77 bits per heavy atom. The molecule has 0 aliphatic heterocycles. The molecule has 0 radical (unpaired) electrons. The molecule has 0 bridgehead atoms. The first-order chi connectivity index (χ1) is 12.6. The van der Waals surface area contributed by atoms with Crippen molar-refractivity contribution in [2.24, 2.45) is 0 Å². The number of hydrogen-bond acceptors (Lipinski definition) is 6. The number of aliphatic hydroxyl groups excluding tert-OH is 1. The quantitative estimate of drug-likeness (QED) is 0.656. The van der Waals surface area contributed by atoms with Crippen molar-refractivity contribution in [3.63, 3.8) is 0 Å². The molecule has 26 heavy (non-hydrogen) atoms. The van der Waals surface area contributed by atoms with Crippen LogP contribution in [0.4, 0.5) is 0 Å². The molecule has 3 aromatic rings. The van der Waals surface area contributed by atoms with E-state index in [1.165, 1.54) is 22.2 Å². The minimum atomic E-state index is -0.783. The number of nitrogens with zero attached hydrogens (tertiary/aromatic N) is 2. The molecule has 0 aliphatic rings. The second kappa shape index (κ2) is 8.44. The van der Waals surface area contributed by atoms with Crippen LogP contribution in [0.1, 0.15) is 17.4 Å². The largest absolute Gasteiger partial charge is 0.497 e. The molecular formula is C19H22N2O4S. The van der Waals surface area contributed by atoms with Crippen LogP contribution in [0.25, 0.3) is 10.2 Å². The molecule has 0 amide bonds. The molecule has 0 aliphatic carbocycles. The maximum absolute atomic E-state index is 12.5. The number of aryl methyl sites for hydroxylation is 1. The summed E-state index contributed by atoms with van der Waals surface area (Å²) < 4.78 is 12.1. The Morgan fingerprint density at radius 1 is 1.31 bits per heavy atom. The first kappa shape index (κ1) is 18.6. The van der Waals surface area contributed by atoms with Crippen molar-refractivity contribution in [1.29, 1.82) is 0 Å². The smallest absolute Gasteiger partial charge is 0.262 e. The lowest BCUT2D eigenvalue weighted by Crippen LogP contribution is -2.29. The van der Waals surface area contributed by atoms with E-state index in [0.717, 1.165) is 27.4 Å². The number of aliphatic hydroxyl groups is 1. The third-order valence-corrected chi connectivity index (χ3v) is 5.25. The lowest BCUT2D eigenvalue weighted by molar-refractivity contribution is 0.0198. The summed E-state index contributed by atoms with van der Waals surface area (Å²) in [5.74, 6) is 0.788. The molecule has 3 rings (SSSR count). The number of methoxy groups -OCH3 is 1. The fourth-order valence-corrected chi connectivity index (χ4v) is 3.55. The third-order valence-electron chi connectivity index (χ3n) is 4.06. The van der Waals surface area contributed by atoms with E-state index in [2.05, 4.69) is 4.98 Å². The van der Waals surface area contributed by atoms with Crippen LogP contribution >= 0.6 is 11.3 Å². The lowest BCUT2D eigenvalue weighted by atomic mass is 10.2. The zero-order chi connectivity index (χ0) is 18.5. The van der Waals surface area contributed by atoms with Gasteiger partial charge in [-0.05, 0) is 30.2 Å². The highest BCUT2D eigenvalue weighted by Crippen LogP contribution is 2.21. The summed E-state index contributed by atoms with van der Waals surface area (Å²) >= 11 is 1.53. The molecule has 2 aromatic heterocycles. The number of aromatic nitrogens is 2. The highest BCUT2D eigenvalue weighted by atomic mass is 32.1. The normalized spacial score (nSPS) is 12.4.